The van der Waals surface area contributed by atoms with E-state index in [0.29, 0.717) is 13.2 Å². The molecule has 8 nitrogen and oxygen atoms in total. The molecule has 0 saturated carbocycles. The summed E-state index contributed by atoms with van der Waals surface area (Å²) in [7, 11) is 4.28. The molecule has 0 spiro atoms. The number of likely N-dealkylation sites (N-methyl/N-ethyl adjacent to an activating group) is 1. The van der Waals surface area contributed by atoms with Gasteiger partial charge in [0.05, 0.1) is 33.9 Å². The van der Waals surface area contributed by atoms with E-state index in [1.807, 2.05) is 0 Å². The van der Waals surface area contributed by atoms with Crippen molar-refractivity contribution in [1.29, 1.82) is 0 Å². The van der Waals surface area contributed by atoms with E-state index < -0.39 is 36.8 Å². The first-order valence-corrected chi connectivity index (χ1v) is 20.1. The minimum Gasteiger partial charge on any atom is -0.387 e. The van der Waals surface area contributed by atoms with Crippen LogP contribution < -0.4 is 0 Å². The molecule has 47 heavy (non-hydrogen) atoms. The average Bonchev–Trinajstić information content (AvgIpc) is 3.04. The summed E-state index contributed by atoms with van der Waals surface area (Å²) >= 11 is 0. The van der Waals surface area contributed by atoms with E-state index in [1.54, 1.807) is 0 Å². The number of hydrogen-bond acceptors (Lipinski definition) is 7. The van der Waals surface area contributed by atoms with Crippen LogP contribution in [0.15, 0.2) is 0 Å². The van der Waals surface area contributed by atoms with Crippen LogP contribution in [0.3, 0.4) is 0 Å². The molecular formula is C39H80NO7+. The summed E-state index contributed by atoms with van der Waals surface area (Å²) in [5.41, 5.74) is 0. The Labute approximate surface area is 290 Å². The number of aliphatic hydroxyl groups is 4. The van der Waals surface area contributed by atoms with E-state index in [9.17, 15) is 20.4 Å². The van der Waals surface area contributed by atoms with E-state index in [1.165, 1.54) is 135 Å². The zero-order valence-electron chi connectivity index (χ0n) is 31.4. The number of quaternary nitrogens is 1. The summed E-state index contributed by atoms with van der Waals surface area (Å²) in [4.78, 5) is 0. The van der Waals surface area contributed by atoms with Crippen LogP contribution in [0.4, 0.5) is 0 Å². The Balaban J connectivity index is 2.14. The molecule has 1 rings (SSSR count). The molecule has 0 aromatic carbocycles. The van der Waals surface area contributed by atoms with E-state index >= 15 is 0 Å². The molecule has 0 aromatic heterocycles. The monoisotopic (exact) mass is 675 g/mol. The van der Waals surface area contributed by atoms with Gasteiger partial charge in [0, 0.05) is 6.61 Å². The van der Waals surface area contributed by atoms with Crippen molar-refractivity contribution in [2.45, 2.75) is 205 Å². The van der Waals surface area contributed by atoms with Gasteiger partial charge in [0.1, 0.15) is 37.1 Å². The second kappa shape index (κ2) is 29.4. The summed E-state index contributed by atoms with van der Waals surface area (Å²) < 4.78 is 18.0. The second-order valence-electron chi connectivity index (χ2n) is 15.2. The number of nitrogens with zero attached hydrogens (tertiary/aromatic N) is 1. The Morgan fingerprint density at radius 2 is 1.00 bits per heavy atom. The molecule has 1 heterocycles. The lowest BCUT2D eigenvalue weighted by Gasteiger charge is -2.40. The second-order valence-corrected chi connectivity index (χ2v) is 15.2. The fourth-order valence-electron chi connectivity index (χ4n) is 6.75. The number of unbranched alkanes of at least 4 members (excludes halogenated alkanes) is 22. The normalized spacial score (nSPS) is 22.6. The Kier molecular flexibility index (Phi) is 28.0. The van der Waals surface area contributed by atoms with Crippen LogP contribution in [0.25, 0.3) is 0 Å². The number of ether oxygens (including phenoxy) is 3. The molecule has 0 aromatic rings. The summed E-state index contributed by atoms with van der Waals surface area (Å²) in [6.45, 7) is 6.68. The first-order chi connectivity index (χ1) is 22.7. The maximum absolute atomic E-state index is 10.6. The Morgan fingerprint density at radius 1 is 0.574 bits per heavy atom. The zero-order valence-corrected chi connectivity index (χ0v) is 31.4. The Hall–Kier alpha value is -0.320. The van der Waals surface area contributed by atoms with Gasteiger partial charge in [-0.3, -0.25) is 0 Å². The molecule has 1 aliphatic heterocycles. The largest absolute Gasteiger partial charge is 0.387 e. The van der Waals surface area contributed by atoms with Crippen LogP contribution in [-0.2, 0) is 14.2 Å². The highest BCUT2D eigenvalue weighted by Gasteiger charge is 2.44. The van der Waals surface area contributed by atoms with Crippen LogP contribution in [0.5, 0.6) is 0 Å². The van der Waals surface area contributed by atoms with Crippen molar-refractivity contribution in [3.8, 4) is 0 Å². The first-order valence-electron chi connectivity index (χ1n) is 20.1. The molecular weight excluding hydrogens is 594 g/mol. The Bertz CT molecular complexity index is 682. The summed E-state index contributed by atoms with van der Waals surface area (Å²) in [6, 6.07) is 0. The maximum Gasteiger partial charge on any atom is 0.186 e. The highest BCUT2D eigenvalue weighted by molar-refractivity contribution is 4.89. The van der Waals surface area contributed by atoms with Gasteiger partial charge in [-0.15, -0.1) is 0 Å². The molecule has 1 fully saturated rings. The third-order valence-electron chi connectivity index (χ3n) is 9.86. The third kappa shape index (κ3) is 23.7. The van der Waals surface area contributed by atoms with Crippen LogP contribution in [-0.4, -0.2) is 109 Å². The summed E-state index contributed by atoms with van der Waals surface area (Å²) in [5, 5.41) is 41.9. The van der Waals surface area contributed by atoms with Crippen molar-refractivity contribution in [1.82, 2.24) is 0 Å². The minimum absolute atomic E-state index is 0.00654. The fourth-order valence-corrected chi connectivity index (χ4v) is 6.75. The molecule has 4 N–H and O–H groups in total. The lowest BCUT2D eigenvalue weighted by Crippen LogP contribution is -2.59. The van der Waals surface area contributed by atoms with Crippen molar-refractivity contribution >= 4 is 0 Å². The van der Waals surface area contributed by atoms with Gasteiger partial charge in [-0.1, -0.05) is 149 Å². The molecule has 1 aliphatic rings. The highest BCUT2D eigenvalue weighted by atomic mass is 16.7. The standard InChI is InChI=1S/C39H80NO7/c1-5-7-9-11-13-15-17-18-19-20-22-24-26-28-30-46-39-38(44)37(43)36(42)35(47-39)33-45-32-34(41)31-40(3,4)29-27-25-23-21-16-14-12-10-8-6-2/h34-39,41-44H,5-33H2,1-4H3/q+1/t34?,35-,36-,37+,38-,39-/m1/s1. The maximum atomic E-state index is 10.6. The predicted octanol–water partition coefficient (Wildman–Crippen LogP) is 7.67. The van der Waals surface area contributed by atoms with Crippen LogP contribution >= 0.6 is 0 Å². The van der Waals surface area contributed by atoms with Gasteiger partial charge in [-0.2, -0.15) is 0 Å². The van der Waals surface area contributed by atoms with Crippen molar-refractivity contribution < 1.29 is 39.1 Å². The zero-order chi connectivity index (χ0) is 34.6. The van der Waals surface area contributed by atoms with Crippen molar-refractivity contribution in [2.75, 3.05) is 47.0 Å². The van der Waals surface area contributed by atoms with Gasteiger partial charge in [0.2, 0.25) is 0 Å². The lowest BCUT2D eigenvalue weighted by atomic mass is 9.99. The fraction of sp³-hybridized carbons (Fsp3) is 1.00. The first kappa shape index (κ1) is 44.7. The van der Waals surface area contributed by atoms with E-state index in [4.69, 9.17) is 14.2 Å². The third-order valence-corrected chi connectivity index (χ3v) is 9.86. The molecule has 282 valence electrons. The van der Waals surface area contributed by atoms with Crippen molar-refractivity contribution in [2.24, 2.45) is 0 Å². The number of hydrogen-bond donors (Lipinski definition) is 4. The number of aliphatic hydroxyl groups excluding tert-OH is 4. The van der Waals surface area contributed by atoms with Gasteiger partial charge in [0.15, 0.2) is 6.29 Å². The molecule has 6 atom stereocenters. The molecule has 1 saturated heterocycles. The molecule has 0 radical (unpaired) electrons. The lowest BCUT2D eigenvalue weighted by molar-refractivity contribution is -0.893. The smallest absolute Gasteiger partial charge is 0.186 e. The van der Waals surface area contributed by atoms with Crippen LogP contribution in [0.2, 0.25) is 0 Å². The van der Waals surface area contributed by atoms with E-state index in [2.05, 4.69) is 27.9 Å². The van der Waals surface area contributed by atoms with Crippen LogP contribution in [0, 0.1) is 0 Å². The highest BCUT2D eigenvalue weighted by Crippen LogP contribution is 2.23. The predicted molar refractivity (Wildman–Crippen MR) is 193 cm³/mol. The topological polar surface area (TPSA) is 109 Å². The summed E-state index contributed by atoms with van der Waals surface area (Å²) in [6.07, 6.45) is 24.6. The molecule has 0 bridgehead atoms. The molecule has 8 heteroatoms. The average molecular weight is 675 g/mol. The van der Waals surface area contributed by atoms with Gasteiger partial charge >= 0.3 is 0 Å². The quantitative estimate of drug-likeness (QED) is 0.0418. The van der Waals surface area contributed by atoms with Crippen LogP contribution in [0.1, 0.15) is 168 Å². The van der Waals surface area contributed by atoms with Gasteiger partial charge in [0.25, 0.3) is 0 Å². The van der Waals surface area contributed by atoms with Gasteiger partial charge in [-0.25, -0.2) is 0 Å². The number of rotatable bonds is 33. The van der Waals surface area contributed by atoms with E-state index in [0.717, 1.165) is 30.3 Å². The Morgan fingerprint density at radius 3 is 1.47 bits per heavy atom. The van der Waals surface area contributed by atoms with Crippen molar-refractivity contribution in [3.05, 3.63) is 0 Å². The molecule has 0 aliphatic carbocycles. The molecule has 0 amide bonds. The van der Waals surface area contributed by atoms with Crippen molar-refractivity contribution in [3.63, 3.8) is 0 Å². The summed E-state index contributed by atoms with van der Waals surface area (Å²) in [5.74, 6) is 0. The SMILES string of the molecule is CCCCCCCCCCCCCCCCO[C@@H]1O[C@H](COCC(O)C[N+](C)(C)CCCCCCCCCCCC)[C@@H](O)[C@H](O)[C@H]1O. The van der Waals surface area contributed by atoms with E-state index in [-0.39, 0.29) is 13.2 Å². The van der Waals surface area contributed by atoms with Gasteiger partial charge in [-0.05, 0) is 19.3 Å². The minimum atomic E-state index is -1.37. The molecule has 1 unspecified atom stereocenters. The van der Waals surface area contributed by atoms with Gasteiger partial charge < -0.3 is 39.1 Å².